The number of nitrogens with zero attached hydrogens (tertiary/aromatic N) is 4. The van der Waals surface area contributed by atoms with E-state index in [1.165, 1.54) is 24.8 Å². The Labute approximate surface area is 116 Å². The molecule has 19 heavy (non-hydrogen) atoms. The highest BCUT2D eigenvalue weighted by molar-refractivity contribution is 7.13. The van der Waals surface area contributed by atoms with Gasteiger partial charge < -0.3 is 10.6 Å². The second kappa shape index (κ2) is 5.13. The van der Waals surface area contributed by atoms with Crippen LogP contribution in [-0.2, 0) is 0 Å². The standard InChI is InChI=1S/C13H17N5S/c1-9-5-8-19-10(9)11-15-12(14)17-13(16-11)18-6-3-2-4-7-18/h5,8H,2-4,6-7H2,1H3,(H2,14,15,16,17). The predicted molar refractivity (Wildman–Crippen MR) is 78.4 cm³/mol. The van der Waals surface area contributed by atoms with Gasteiger partial charge in [0.15, 0.2) is 5.82 Å². The van der Waals surface area contributed by atoms with E-state index in [-0.39, 0.29) is 0 Å². The molecule has 3 rings (SSSR count). The van der Waals surface area contributed by atoms with E-state index in [0.29, 0.717) is 11.8 Å². The predicted octanol–water partition coefficient (Wildman–Crippen LogP) is 2.48. The van der Waals surface area contributed by atoms with Gasteiger partial charge in [0.25, 0.3) is 0 Å². The van der Waals surface area contributed by atoms with E-state index in [9.17, 15) is 0 Å². The maximum atomic E-state index is 5.84. The number of rotatable bonds is 2. The summed E-state index contributed by atoms with van der Waals surface area (Å²) in [5.41, 5.74) is 7.02. The molecule has 5 nitrogen and oxygen atoms in total. The van der Waals surface area contributed by atoms with Crippen LogP contribution in [0.5, 0.6) is 0 Å². The maximum absolute atomic E-state index is 5.84. The van der Waals surface area contributed by atoms with E-state index in [1.807, 2.05) is 5.38 Å². The van der Waals surface area contributed by atoms with Crippen molar-refractivity contribution in [2.75, 3.05) is 23.7 Å². The monoisotopic (exact) mass is 275 g/mol. The lowest BCUT2D eigenvalue weighted by atomic mass is 10.1. The summed E-state index contributed by atoms with van der Waals surface area (Å²) >= 11 is 1.64. The molecule has 0 spiro atoms. The zero-order valence-corrected chi connectivity index (χ0v) is 11.8. The molecule has 6 heteroatoms. The van der Waals surface area contributed by atoms with Gasteiger partial charge in [-0.25, -0.2) is 0 Å². The number of anilines is 2. The molecule has 3 heterocycles. The number of thiophene rings is 1. The van der Waals surface area contributed by atoms with Gasteiger partial charge in [-0.2, -0.15) is 15.0 Å². The SMILES string of the molecule is Cc1ccsc1-c1nc(N)nc(N2CCCCC2)n1. The van der Waals surface area contributed by atoms with Crippen LogP contribution >= 0.6 is 11.3 Å². The first kappa shape index (κ1) is 12.3. The van der Waals surface area contributed by atoms with Gasteiger partial charge in [0, 0.05) is 13.1 Å². The molecule has 1 aliphatic rings. The van der Waals surface area contributed by atoms with Crippen molar-refractivity contribution in [2.24, 2.45) is 0 Å². The van der Waals surface area contributed by atoms with Crippen LogP contribution in [0, 0.1) is 6.92 Å². The fourth-order valence-corrected chi connectivity index (χ4v) is 3.18. The Hall–Kier alpha value is -1.69. The Morgan fingerprint density at radius 2 is 1.95 bits per heavy atom. The lowest BCUT2D eigenvalue weighted by Crippen LogP contribution is -2.31. The summed E-state index contributed by atoms with van der Waals surface area (Å²) < 4.78 is 0. The van der Waals surface area contributed by atoms with Gasteiger partial charge >= 0.3 is 0 Å². The molecule has 2 aromatic rings. The van der Waals surface area contributed by atoms with Gasteiger partial charge in [0.2, 0.25) is 11.9 Å². The summed E-state index contributed by atoms with van der Waals surface area (Å²) in [4.78, 5) is 16.4. The molecule has 1 aliphatic heterocycles. The van der Waals surface area contributed by atoms with Crippen molar-refractivity contribution in [1.82, 2.24) is 15.0 Å². The minimum atomic E-state index is 0.304. The largest absolute Gasteiger partial charge is 0.368 e. The van der Waals surface area contributed by atoms with Crippen molar-refractivity contribution in [2.45, 2.75) is 26.2 Å². The molecule has 2 aromatic heterocycles. The van der Waals surface area contributed by atoms with E-state index in [0.717, 1.165) is 23.9 Å². The maximum Gasteiger partial charge on any atom is 0.230 e. The number of aromatic nitrogens is 3. The molecule has 0 aliphatic carbocycles. The summed E-state index contributed by atoms with van der Waals surface area (Å²) in [7, 11) is 0. The van der Waals surface area contributed by atoms with Crippen molar-refractivity contribution in [3.05, 3.63) is 17.0 Å². The van der Waals surface area contributed by atoms with Gasteiger partial charge in [0.1, 0.15) is 0 Å². The Morgan fingerprint density at radius 3 is 2.63 bits per heavy atom. The van der Waals surface area contributed by atoms with Crippen LogP contribution in [-0.4, -0.2) is 28.0 Å². The molecule has 0 atom stereocenters. The second-order valence-electron chi connectivity index (χ2n) is 4.80. The van der Waals surface area contributed by atoms with Crippen molar-refractivity contribution >= 4 is 23.2 Å². The lowest BCUT2D eigenvalue weighted by Gasteiger charge is -2.26. The Balaban J connectivity index is 1.98. The summed E-state index contributed by atoms with van der Waals surface area (Å²) in [6, 6.07) is 2.07. The van der Waals surface area contributed by atoms with Gasteiger partial charge in [0.05, 0.1) is 4.88 Å². The number of piperidine rings is 1. The average molecular weight is 275 g/mol. The van der Waals surface area contributed by atoms with Crippen LogP contribution < -0.4 is 10.6 Å². The van der Waals surface area contributed by atoms with E-state index in [2.05, 4.69) is 32.8 Å². The lowest BCUT2D eigenvalue weighted by molar-refractivity contribution is 0.568. The minimum Gasteiger partial charge on any atom is -0.368 e. The smallest absolute Gasteiger partial charge is 0.230 e. The highest BCUT2D eigenvalue weighted by Gasteiger charge is 2.17. The van der Waals surface area contributed by atoms with Crippen LogP contribution in [0.25, 0.3) is 10.7 Å². The molecule has 0 bridgehead atoms. The van der Waals surface area contributed by atoms with E-state index in [1.54, 1.807) is 11.3 Å². The first-order valence-corrected chi connectivity index (χ1v) is 7.43. The van der Waals surface area contributed by atoms with Crippen LogP contribution in [0.1, 0.15) is 24.8 Å². The van der Waals surface area contributed by atoms with E-state index < -0.39 is 0 Å². The van der Waals surface area contributed by atoms with Gasteiger partial charge in [-0.3, -0.25) is 0 Å². The fourth-order valence-electron chi connectivity index (χ4n) is 2.32. The average Bonchev–Trinajstić information content (AvgIpc) is 2.85. The number of nitrogens with two attached hydrogens (primary N) is 1. The Bertz CT molecular complexity index is 574. The normalized spacial score (nSPS) is 15.7. The number of hydrogen-bond donors (Lipinski definition) is 1. The highest BCUT2D eigenvalue weighted by atomic mass is 32.1. The molecule has 1 fully saturated rings. The zero-order chi connectivity index (χ0) is 13.2. The molecule has 0 amide bonds. The molecular weight excluding hydrogens is 258 g/mol. The third-order valence-corrected chi connectivity index (χ3v) is 4.36. The van der Waals surface area contributed by atoms with Crippen LogP contribution in [0.15, 0.2) is 11.4 Å². The first-order chi connectivity index (χ1) is 9.24. The number of aryl methyl sites for hydroxylation is 1. The van der Waals surface area contributed by atoms with Gasteiger partial charge in [-0.05, 0) is 43.2 Å². The summed E-state index contributed by atoms with van der Waals surface area (Å²) in [5, 5.41) is 2.05. The molecule has 0 saturated carbocycles. The molecule has 2 N–H and O–H groups in total. The van der Waals surface area contributed by atoms with Crippen molar-refractivity contribution in [3.63, 3.8) is 0 Å². The molecule has 0 unspecified atom stereocenters. The van der Waals surface area contributed by atoms with Gasteiger partial charge in [-0.15, -0.1) is 11.3 Å². The van der Waals surface area contributed by atoms with Crippen LogP contribution in [0.2, 0.25) is 0 Å². The number of nitrogen functional groups attached to an aromatic ring is 1. The van der Waals surface area contributed by atoms with Crippen molar-refractivity contribution < 1.29 is 0 Å². The second-order valence-corrected chi connectivity index (χ2v) is 5.71. The molecular formula is C13H17N5S. The van der Waals surface area contributed by atoms with Crippen molar-refractivity contribution in [3.8, 4) is 10.7 Å². The third kappa shape index (κ3) is 2.53. The Kier molecular flexibility index (Phi) is 3.33. The Morgan fingerprint density at radius 1 is 1.16 bits per heavy atom. The van der Waals surface area contributed by atoms with Crippen LogP contribution in [0.3, 0.4) is 0 Å². The molecule has 0 radical (unpaired) electrons. The topological polar surface area (TPSA) is 67.9 Å². The van der Waals surface area contributed by atoms with E-state index in [4.69, 9.17) is 5.73 Å². The van der Waals surface area contributed by atoms with E-state index >= 15 is 0 Å². The van der Waals surface area contributed by atoms with Crippen LogP contribution in [0.4, 0.5) is 11.9 Å². The summed E-state index contributed by atoms with van der Waals surface area (Å²) in [5.74, 6) is 1.72. The quantitative estimate of drug-likeness (QED) is 0.912. The molecule has 100 valence electrons. The summed E-state index contributed by atoms with van der Waals surface area (Å²) in [6.07, 6.45) is 3.67. The third-order valence-electron chi connectivity index (χ3n) is 3.34. The highest BCUT2D eigenvalue weighted by Crippen LogP contribution is 2.28. The minimum absolute atomic E-state index is 0.304. The van der Waals surface area contributed by atoms with Crippen molar-refractivity contribution in [1.29, 1.82) is 0 Å². The zero-order valence-electron chi connectivity index (χ0n) is 11.0. The number of hydrogen-bond acceptors (Lipinski definition) is 6. The molecule has 1 saturated heterocycles. The summed E-state index contributed by atoms with van der Waals surface area (Å²) in [6.45, 7) is 4.07. The molecule has 0 aromatic carbocycles. The van der Waals surface area contributed by atoms with Gasteiger partial charge in [-0.1, -0.05) is 0 Å². The fraction of sp³-hybridized carbons (Fsp3) is 0.462. The first-order valence-electron chi connectivity index (χ1n) is 6.55.